The summed E-state index contributed by atoms with van der Waals surface area (Å²) in [6.07, 6.45) is -10.5. The van der Waals surface area contributed by atoms with Gasteiger partial charge in [-0.25, -0.2) is 9.59 Å². The first-order valence-electron chi connectivity index (χ1n) is 19.6. The van der Waals surface area contributed by atoms with Crippen LogP contribution in [0.3, 0.4) is 0 Å². The van der Waals surface area contributed by atoms with Crippen LogP contribution in [0, 0.1) is 16.7 Å². The Hall–Kier alpha value is -5.25. The lowest BCUT2D eigenvalue weighted by molar-refractivity contribution is -0.346. The van der Waals surface area contributed by atoms with Gasteiger partial charge in [-0.2, -0.15) is 0 Å². The Balaban J connectivity index is 1.34. The number of esters is 3. The predicted octanol–water partition coefficient (Wildman–Crippen LogP) is 3.16. The van der Waals surface area contributed by atoms with E-state index in [0.29, 0.717) is 5.56 Å². The number of benzene rings is 3. The molecule has 5 N–H and O–H groups in total. The van der Waals surface area contributed by atoms with Crippen molar-refractivity contribution in [3.63, 3.8) is 0 Å². The van der Waals surface area contributed by atoms with Crippen molar-refractivity contribution in [2.24, 2.45) is 16.7 Å². The molecule has 4 aliphatic rings. The maximum Gasteiger partial charge on any atom is 0.338 e. The van der Waals surface area contributed by atoms with E-state index in [2.05, 4.69) is 5.32 Å². The fraction of sp³-hybridized carbons (Fsp3) is 0.444. The molecule has 0 spiro atoms. The summed E-state index contributed by atoms with van der Waals surface area (Å²) in [6, 6.07) is 23.1. The SMILES string of the molecule is CC(=O)O[C@]12CO[C@@H]1C[C@H](O)[C@]1(C)C(=O)[C@H](O)C3=C(C)[C@H](OC(=O)[C@H](O)[C@H](NC(=O)c4ccccc4)c4ccccc4)C[C@@](O)([C@@H](OC(=O)c4ccccc4)[C@@H]21)C3(C)C. The zero-order valence-electron chi connectivity index (χ0n) is 33.4. The molecule has 1 heterocycles. The maximum absolute atomic E-state index is 15.0. The van der Waals surface area contributed by atoms with Gasteiger partial charge in [0.05, 0.1) is 35.6 Å². The quantitative estimate of drug-likeness (QED) is 0.120. The highest BCUT2D eigenvalue weighted by atomic mass is 16.6. The van der Waals surface area contributed by atoms with Crippen molar-refractivity contribution in [2.75, 3.05) is 6.61 Å². The maximum atomic E-state index is 15.0. The van der Waals surface area contributed by atoms with Crippen molar-refractivity contribution in [3.05, 3.63) is 119 Å². The summed E-state index contributed by atoms with van der Waals surface area (Å²) in [6.45, 7) is 6.89. The van der Waals surface area contributed by atoms with Crippen LogP contribution in [0.15, 0.2) is 102 Å². The van der Waals surface area contributed by atoms with E-state index in [4.69, 9.17) is 18.9 Å². The summed E-state index contributed by atoms with van der Waals surface area (Å²) < 4.78 is 24.2. The first-order chi connectivity index (χ1) is 27.9. The zero-order chi connectivity index (χ0) is 42.7. The van der Waals surface area contributed by atoms with Crippen molar-refractivity contribution < 1.29 is 63.3 Å². The number of carbonyl (C=O) groups excluding carboxylic acids is 5. The minimum atomic E-state index is -2.35. The third kappa shape index (κ3) is 6.76. The standard InChI is InChI=1S/C45H49NO13/c1-24-29(57-41(54)35(50)33(26-15-9-6-10-16-26)46-39(52)27-17-11-7-12-18-27)22-45(55)38(58-40(53)28-19-13-8-14-20-28)36-43(5,37(51)34(49)32(24)42(45,3)4)30(48)21-31-44(36,23-56-31)59-25(2)47/h6-20,29-31,33-36,38,48-50,55H,21-23H2,1-5H3,(H,46,52)/t29-,30+,31-,33-,34-,35-,36-,38+,43+,44-,45-/m1/s1. The Morgan fingerprint density at radius 3 is 2.00 bits per heavy atom. The van der Waals surface area contributed by atoms with Crippen molar-refractivity contribution in [3.8, 4) is 0 Å². The van der Waals surface area contributed by atoms with Crippen LogP contribution in [0.1, 0.15) is 79.8 Å². The normalized spacial score (nSPS) is 33.0. The van der Waals surface area contributed by atoms with Crippen LogP contribution < -0.4 is 5.32 Å². The molecule has 312 valence electrons. The second kappa shape index (κ2) is 15.4. The van der Waals surface area contributed by atoms with E-state index < -0.39 is 107 Å². The van der Waals surface area contributed by atoms with Gasteiger partial charge in [-0.05, 0) is 54.8 Å². The molecule has 0 aromatic heterocycles. The summed E-state index contributed by atoms with van der Waals surface area (Å²) in [5.74, 6) is -5.89. The van der Waals surface area contributed by atoms with E-state index in [1.54, 1.807) is 92.7 Å². The van der Waals surface area contributed by atoms with Gasteiger partial charge in [-0.1, -0.05) is 80.6 Å². The Morgan fingerprint density at radius 1 is 0.864 bits per heavy atom. The Morgan fingerprint density at radius 2 is 1.44 bits per heavy atom. The third-order valence-corrected chi connectivity index (χ3v) is 13.2. The molecule has 14 nitrogen and oxygen atoms in total. The van der Waals surface area contributed by atoms with Gasteiger partial charge in [-0.3, -0.25) is 14.4 Å². The number of hydrogen-bond donors (Lipinski definition) is 5. The smallest absolute Gasteiger partial charge is 0.338 e. The molecule has 1 saturated heterocycles. The van der Waals surface area contributed by atoms with Crippen LogP contribution in [0.25, 0.3) is 0 Å². The lowest BCUT2D eigenvalue weighted by atomic mass is 9.44. The number of hydrogen-bond acceptors (Lipinski definition) is 13. The van der Waals surface area contributed by atoms with Crippen molar-refractivity contribution in [2.45, 2.75) is 101 Å². The number of aliphatic hydroxyl groups is 4. The minimum Gasteiger partial charge on any atom is -0.456 e. The van der Waals surface area contributed by atoms with E-state index in [1.165, 1.54) is 26.0 Å². The average Bonchev–Trinajstić information content (AvgIpc) is 3.21. The summed E-state index contributed by atoms with van der Waals surface area (Å²) in [5.41, 5.74) is -6.86. The van der Waals surface area contributed by atoms with Crippen LogP contribution >= 0.6 is 0 Å². The molecule has 14 heteroatoms. The molecule has 1 amide bonds. The number of fused-ring (bicyclic) bond motifs is 5. The molecule has 0 radical (unpaired) electrons. The number of ether oxygens (including phenoxy) is 4. The molecule has 7 rings (SSSR count). The van der Waals surface area contributed by atoms with Gasteiger partial charge in [0.15, 0.2) is 17.5 Å². The fourth-order valence-corrected chi connectivity index (χ4v) is 9.94. The lowest BCUT2D eigenvalue weighted by Gasteiger charge is -2.67. The number of ketones is 1. The second-order valence-corrected chi connectivity index (χ2v) is 16.8. The lowest BCUT2D eigenvalue weighted by Crippen LogP contribution is -2.81. The molecule has 3 fully saturated rings. The largest absolute Gasteiger partial charge is 0.456 e. The number of aliphatic hydroxyl groups excluding tert-OH is 3. The average molecular weight is 812 g/mol. The minimum absolute atomic E-state index is 0.0540. The van der Waals surface area contributed by atoms with Gasteiger partial charge < -0.3 is 44.7 Å². The van der Waals surface area contributed by atoms with Gasteiger partial charge >= 0.3 is 17.9 Å². The molecule has 59 heavy (non-hydrogen) atoms. The monoisotopic (exact) mass is 811 g/mol. The van der Waals surface area contributed by atoms with Crippen LogP contribution in [0.2, 0.25) is 0 Å². The highest BCUT2D eigenvalue weighted by Crippen LogP contribution is 2.64. The zero-order valence-corrected chi connectivity index (χ0v) is 33.4. The highest BCUT2D eigenvalue weighted by Gasteiger charge is 2.78. The Labute approximate surface area is 341 Å². The Kier molecular flexibility index (Phi) is 10.9. The van der Waals surface area contributed by atoms with E-state index in [1.807, 2.05) is 0 Å². The fourth-order valence-electron chi connectivity index (χ4n) is 9.94. The predicted molar refractivity (Wildman–Crippen MR) is 208 cm³/mol. The van der Waals surface area contributed by atoms with E-state index in [0.717, 1.165) is 6.92 Å². The molecule has 2 saturated carbocycles. The summed E-state index contributed by atoms with van der Waals surface area (Å²) in [5, 5.41) is 51.9. The molecule has 3 aromatic rings. The van der Waals surface area contributed by atoms with E-state index >= 15 is 0 Å². The summed E-state index contributed by atoms with van der Waals surface area (Å²) >= 11 is 0. The van der Waals surface area contributed by atoms with Crippen molar-refractivity contribution in [1.29, 1.82) is 0 Å². The second-order valence-electron chi connectivity index (χ2n) is 16.8. The van der Waals surface area contributed by atoms with E-state index in [9.17, 15) is 44.4 Å². The molecule has 11 atom stereocenters. The molecule has 0 unspecified atom stereocenters. The van der Waals surface area contributed by atoms with Crippen molar-refractivity contribution in [1.82, 2.24) is 5.32 Å². The van der Waals surface area contributed by atoms with Gasteiger partial charge in [0, 0.05) is 30.7 Å². The van der Waals surface area contributed by atoms with Gasteiger partial charge in [0.2, 0.25) is 0 Å². The topological polar surface area (TPSA) is 215 Å². The van der Waals surface area contributed by atoms with Crippen LogP contribution in [-0.2, 0) is 33.3 Å². The first kappa shape index (κ1) is 41.9. The molecular weight excluding hydrogens is 762 g/mol. The van der Waals surface area contributed by atoms with Crippen molar-refractivity contribution >= 4 is 29.6 Å². The number of amides is 1. The number of rotatable bonds is 9. The molecular formula is C45H49NO13. The number of nitrogens with one attached hydrogen (secondary N) is 1. The number of Topliss-reactive ketones (excluding diaryl/α,β-unsaturated/α-hetero) is 1. The molecule has 3 aliphatic carbocycles. The van der Waals surface area contributed by atoms with Crippen LogP contribution in [0.5, 0.6) is 0 Å². The van der Waals surface area contributed by atoms with Crippen LogP contribution in [-0.4, -0.2) is 104 Å². The third-order valence-electron chi connectivity index (χ3n) is 13.2. The number of carbonyl (C=O) groups is 5. The van der Waals surface area contributed by atoms with Gasteiger partial charge in [0.1, 0.15) is 30.0 Å². The molecule has 3 aromatic carbocycles. The summed E-state index contributed by atoms with van der Waals surface area (Å²) in [4.78, 5) is 69.5. The highest BCUT2D eigenvalue weighted by molar-refractivity contribution is 5.95. The van der Waals surface area contributed by atoms with E-state index in [-0.39, 0.29) is 35.3 Å². The van der Waals surface area contributed by atoms with Gasteiger partial charge in [0.25, 0.3) is 5.91 Å². The van der Waals surface area contributed by atoms with Gasteiger partial charge in [-0.15, -0.1) is 0 Å². The Bertz CT molecular complexity index is 2160. The summed E-state index contributed by atoms with van der Waals surface area (Å²) in [7, 11) is 0. The molecule has 2 bridgehead atoms. The first-order valence-corrected chi connectivity index (χ1v) is 19.6. The molecule has 1 aliphatic heterocycles. The van der Waals surface area contributed by atoms with Crippen LogP contribution in [0.4, 0.5) is 0 Å².